The van der Waals surface area contributed by atoms with Crippen molar-refractivity contribution in [2.45, 2.75) is 46.6 Å². The van der Waals surface area contributed by atoms with Crippen molar-refractivity contribution in [3.05, 3.63) is 28.2 Å². The van der Waals surface area contributed by atoms with Crippen molar-refractivity contribution < 1.29 is 0 Å². The molecular weight excluding hydrogens is 324 g/mol. The minimum atomic E-state index is 0.434. The van der Waals surface area contributed by atoms with Gasteiger partial charge in [-0.15, -0.1) is 0 Å². The molecule has 2 rings (SSSR count). The number of benzene rings is 1. The average molecular weight is 353 g/mol. The zero-order valence-corrected chi connectivity index (χ0v) is 15.5. The Kier molecular flexibility index (Phi) is 5.73. The molecule has 1 saturated heterocycles. The summed E-state index contributed by atoms with van der Waals surface area (Å²) in [6, 6.07) is 6.76. The van der Waals surface area contributed by atoms with E-state index in [9.17, 15) is 0 Å². The summed E-state index contributed by atoms with van der Waals surface area (Å²) >= 11 is 3.76. The molecule has 0 radical (unpaired) electrons. The highest BCUT2D eigenvalue weighted by molar-refractivity contribution is 9.10. The molecule has 1 N–H and O–H groups in total. The van der Waals surface area contributed by atoms with Gasteiger partial charge in [0, 0.05) is 24.1 Å². The van der Waals surface area contributed by atoms with Gasteiger partial charge in [0.15, 0.2) is 0 Å². The van der Waals surface area contributed by atoms with E-state index < -0.39 is 0 Å². The van der Waals surface area contributed by atoms with Crippen LogP contribution in [0.15, 0.2) is 22.7 Å². The molecule has 3 heteroatoms. The SMILES string of the molecule is CNCc1ccc(N2CCCC(C(C)(C)C)CC2)c(Br)c1. The second kappa shape index (κ2) is 7.15. The normalized spacial score (nSPS) is 20.4. The minimum Gasteiger partial charge on any atom is -0.371 e. The molecular formula is C18H29BrN2. The topological polar surface area (TPSA) is 15.3 Å². The summed E-state index contributed by atoms with van der Waals surface area (Å²) < 4.78 is 1.23. The largest absolute Gasteiger partial charge is 0.371 e. The zero-order chi connectivity index (χ0) is 15.5. The lowest BCUT2D eigenvalue weighted by atomic mass is 9.77. The first-order valence-electron chi connectivity index (χ1n) is 8.10. The van der Waals surface area contributed by atoms with Crippen LogP contribution in [0.5, 0.6) is 0 Å². The summed E-state index contributed by atoms with van der Waals surface area (Å²) in [7, 11) is 1.99. The second-order valence-electron chi connectivity index (χ2n) is 7.30. The van der Waals surface area contributed by atoms with Crippen molar-refractivity contribution in [2.24, 2.45) is 11.3 Å². The molecule has 118 valence electrons. The maximum Gasteiger partial charge on any atom is 0.0510 e. The Balaban J connectivity index is 2.09. The van der Waals surface area contributed by atoms with Gasteiger partial charge in [0.1, 0.15) is 0 Å². The highest BCUT2D eigenvalue weighted by Crippen LogP contribution is 2.36. The van der Waals surface area contributed by atoms with Gasteiger partial charge in [-0.2, -0.15) is 0 Å². The van der Waals surface area contributed by atoms with E-state index in [1.54, 1.807) is 0 Å². The number of hydrogen-bond acceptors (Lipinski definition) is 2. The molecule has 1 atom stereocenters. The number of anilines is 1. The van der Waals surface area contributed by atoms with E-state index in [0.29, 0.717) is 5.41 Å². The highest BCUT2D eigenvalue weighted by atomic mass is 79.9. The maximum atomic E-state index is 3.76. The highest BCUT2D eigenvalue weighted by Gasteiger charge is 2.27. The van der Waals surface area contributed by atoms with E-state index in [2.05, 4.69) is 65.1 Å². The van der Waals surface area contributed by atoms with Crippen LogP contribution in [0.1, 0.15) is 45.6 Å². The molecule has 0 aromatic heterocycles. The predicted octanol–water partition coefficient (Wildman–Crippen LogP) is 4.82. The van der Waals surface area contributed by atoms with Crippen LogP contribution >= 0.6 is 15.9 Å². The molecule has 1 aromatic carbocycles. The molecule has 0 aliphatic carbocycles. The summed E-state index contributed by atoms with van der Waals surface area (Å²) in [5, 5.41) is 3.21. The fourth-order valence-electron chi connectivity index (χ4n) is 3.32. The molecule has 1 aromatic rings. The van der Waals surface area contributed by atoms with Gasteiger partial charge < -0.3 is 10.2 Å². The monoisotopic (exact) mass is 352 g/mol. The number of rotatable bonds is 3. The quantitative estimate of drug-likeness (QED) is 0.838. The van der Waals surface area contributed by atoms with E-state index in [-0.39, 0.29) is 0 Å². The third-order valence-corrected chi connectivity index (χ3v) is 5.32. The molecule has 0 spiro atoms. The van der Waals surface area contributed by atoms with Gasteiger partial charge in [-0.1, -0.05) is 26.8 Å². The van der Waals surface area contributed by atoms with Crippen molar-refractivity contribution in [2.75, 3.05) is 25.0 Å². The zero-order valence-electron chi connectivity index (χ0n) is 13.9. The van der Waals surface area contributed by atoms with Crippen LogP contribution in [0.2, 0.25) is 0 Å². The van der Waals surface area contributed by atoms with E-state index in [0.717, 1.165) is 12.5 Å². The van der Waals surface area contributed by atoms with Crippen LogP contribution < -0.4 is 10.2 Å². The van der Waals surface area contributed by atoms with Gasteiger partial charge in [0.05, 0.1) is 5.69 Å². The summed E-state index contributed by atoms with van der Waals surface area (Å²) in [4.78, 5) is 2.55. The molecule has 0 bridgehead atoms. The fourth-order valence-corrected chi connectivity index (χ4v) is 4.00. The van der Waals surface area contributed by atoms with Crippen LogP contribution in [0.3, 0.4) is 0 Å². The summed E-state index contributed by atoms with van der Waals surface area (Å²) in [5.41, 5.74) is 3.11. The number of hydrogen-bond donors (Lipinski definition) is 1. The van der Waals surface area contributed by atoms with Crippen molar-refractivity contribution in [3.8, 4) is 0 Å². The molecule has 1 aliphatic heterocycles. The summed E-state index contributed by atoms with van der Waals surface area (Å²) in [6.07, 6.45) is 3.95. The summed E-state index contributed by atoms with van der Waals surface area (Å²) in [6.45, 7) is 10.4. The van der Waals surface area contributed by atoms with Crippen molar-refractivity contribution >= 4 is 21.6 Å². The van der Waals surface area contributed by atoms with E-state index >= 15 is 0 Å². The second-order valence-corrected chi connectivity index (χ2v) is 8.15. The third-order valence-electron chi connectivity index (χ3n) is 4.69. The third kappa shape index (κ3) is 4.46. The standard InChI is InChI=1S/C18H29BrN2/c1-18(2,3)15-6-5-10-21(11-9-15)17-8-7-14(13-20-4)12-16(17)19/h7-8,12,15,20H,5-6,9-11,13H2,1-4H3. The average Bonchev–Trinajstić information content (AvgIpc) is 2.64. The first-order chi connectivity index (χ1) is 9.91. The lowest BCUT2D eigenvalue weighted by molar-refractivity contribution is 0.220. The molecule has 0 amide bonds. The first kappa shape index (κ1) is 16.8. The van der Waals surface area contributed by atoms with Crippen molar-refractivity contribution in [1.29, 1.82) is 0 Å². The van der Waals surface area contributed by atoms with Crippen LogP contribution in [-0.2, 0) is 6.54 Å². The number of nitrogens with zero attached hydrogens (tertiary/aromatic N) is 1. The fraction of sp³-hybridized carbons (Fsp3) is 0.667. The summed E-state index contributed by atoms with van der Waals surface area (Å²) in [5.74, 6) is 0.838. The number of halogens is 1. The maximum absolute atomic E-state index is 3.76. The Hall–Kier alpha value is -0.540. The van der Waals surface area contributed by atoms with Crippen molar-refractivity contribution in [1.82, 2.24) is 5.32 Å². The molecule has 1 aliphatic rings. The van der Waals surface area contributed by atoms with Crippen LogP contribution in [0.4, 0.5) is 5.69 Å². The molecule has 0 saturated carbocycles. The lowest BCUT2D eigenvalue weighted by Gasteiger charge is -2.30. The van der Waals surface area contributed by atoms with Gasteiger partial charge >= 0.3 is 0 Å². The Bertz CT molecular complexity index is 465. The lowest BCUT2D eigenvalue weighted by Crippen LogP contribution is -2.26. The molecule has 1 heterocycles. The van der Waals surface area contributed by atoms with E-state index in [4.69, 9.17) is 0 Å². The van der Waals surface area contributed by atoms with Crippen LogP contribution in [-0.4, -0.2) is 20.1 Å². The predicted molar refractivity (Wildman–Crippen MR) is 95.9 cm³/mol. The van der Waals surface area contributed by atoms with Gasteiger partial charge in [-0.25, -0.2) is 0 Å². The number of nitrogens with one attached hydrogen (secondary N) is 1. The first-order valence-corrected chi connectivity index (χ1v) is 8.89. The van der Waals surface area contributed by atoms with Crippen LogP contribution in [0, 0.1) is 11.3 Å². The minimum absolute atomic E-state index is 0.434. The Morgan fingerprint density at radius 3 is 2.62 bits per heavy atom. The molecule has 2 nitrogen and oxygen atoms in total. The smallest absolute Gasteiger partial charge is 0.0510 e. The van der Waals surface area contributed by atoms with Gasteiger partial charge in [0.25, 0.3) is 0 Å². The molecule has 1 unspecified atom stereocenters. The van der Waals surface area contributed by atoms with Gasteiger partial charge in [0.2, 0.25) is 0 Å². The Morgan fingerprint density at radius 1 is 1.24 bits per heavy atom. The molecule has 1 fully saturated rings. The van der Waals surface area contributed by atoms with E-state index in [1.807, 2.05) is 7.05 Å². The molecule has 21 heavy (non-hydrogen) atoms. The van der Waals surface area contributed by atoms with Gasteiger partial charge in [-0.3, -0.25) is 0 Å². The van der Waals surface area contributed by atoms with E-state index in [1.165, 1.54) is 48.1 Å². The Morgan fingerprint density at radius 2 is 2.00 bits per heavy atom. The van der Waals surface area contributed by atoms with Crippen LogP contribution in [0.25, 0.3) is 0 Å². The van der Waals surface area contributed by atoms with Crippen molar-refractivity contribution in [3.63, 3.8) is 0 Å². The Labute approximate surface area is 138 Å². The van der Waals surface area contributed by atoms with Gasteiger partial charge in [-0.05, 0) is 71.3 Å².